The van der Waals surface area contributed by atoms with Crippen LogP contribution in [0.3, 0.4) is 0 Å². The van der Waals surface area contributed by atoms with Gasteiger partial charge in [-0.05, 0) is 26.2 Å². The lowest BCUT2D eigenvalue weighted by Gasteiger charge is -2.39. The molecule has 0 aromatic heterocycles. The van der Waals surface area contributed by atoms with Crippen LogP contribution in [0.1, 0.15) is 39.0 Å². The quantitative estimate of drug-likeness (QED) is 0.724. The second-order valence-corrected chi connectivity index (χ2v) is 9.39. The third kappa shape index (κ3) is 4.67. The molecular weight excluding hydrogens is 318 g/mol. The molecule has 0 spiro atoms. The fraction of sp³-hybridized carbons (Fsp3) is 0.867. The van der Waals surface area contributed by atoms with E-state index in [-0.39, 0.29) is 41.8 Å². The molecule has 23 heavy (non-hydrogen) atoms. The number of likely N-dealkylation sites (N-methyl/N-ethyl adjacent to an activating group) is 1. The first-order valence-corrected chi connectivity index (χ1v) is 9.96. The van der Waals surface area contributed by atoms with Crippen molar-refractivity contribution in [3.63, 3.8) is 0 Å². The van der Waals surface area contributed by atoms with Crippen LogP contribution in [0.2, 0.25) is 0 Å². The molecule has 3 atom stereocenters. The number of nitrogens with two attached hydrogens (primary N) is 1. The molecule has 2 fully saturated rings. The molecule has 2 aliphatic rings. The Bertz CT molecular complexity index is 573. The Balaban J connectivity index is 1.87. The Hall–Kier alpha value is -1.15. The van der Waals surface area contributed by atoms with Crippen LogP contribution in [0.15, 0.2) is 0 Å². The topological polar surface area (TPSA) is 110 Å². The summed E-state index contributed by atoms with van der Waals surface area (Å²) in [7, 11) is -1.43. The van der Waals surface area contributed by atoms with Crippen LogP contribution in [-0.2, 0) is 19.4 Å². The summed E-state index contributed by atoms with van der Waals surface area (Å²) in [5.41, 5.74) is 5.71. The summed E-state index contributed by atoms with van der Waals surface area (Å²) in [6.07, 6.45) is 4.00. The van der Waals surface area contributed by atoms with E-state index in [1.165, 1.54) is 4.90 Å². The predicted molar refractivity (Wildman–Crippen MR) is 87.4 cm³/mol. The average molecular weight is 345 g/mol. The van der Waals surface area contributed by atoms with E-state index >= 15 is 0 Å². The van der Waals surface area contributed by atoms with Gasteiger partial charge < -0.3 is 16.0 Å². The van der Waals surface area contributed by atoms with Crippen molar-refractivity contribution < 1.29 is 18.0 Å². The minimum Gasteiger partial charge on any atom is -0.351 e. The third-order valence-corrected chi connectivity index (χ3v) is 6.67. The van der Waals surface area contributed by atoms with Gasteiger partial charge >= 0.3 is 0 Å². The van der Waals surface area contributed by atoms with E-state index in [1.54, 1.807) is 7.05 Å². The molecular formula is C15H27N3O4S. The van der Waals surface area contributed by atoms with Crippen molar-refractivity contribution in [1.29, 1.82) is 0 Å². The van der Waals surface area contributed by atoms with E-state index < -0.39 is 15.4 Å². The van der Waals surface area contributed by atoms with Gasteiger partial charge in [-0.2, -0.15) is 0 Å². The zero-order valence-corrected chi connectivity index (χ0v) is 14.7. The third-order valence-electron chi connectivity index (χ3n) is 4.91. The maximum Gasteiger partial charge on any atom is 0.239 e. The van der Waals surface area contributed by atoms with Gasteiger partial charge in [0.2, 0.25) is 11.8 Å². The van der Waals surface area contributed by atoms with Crippen molar-refractivity contribution in [3.05, 3.63) is 0 Å². The highest BCUT2D eigenvalue weighted by Crippen LogP contribution is 2.32. The highest BCUT2D eigenvalue weighted by molar-refractivity contribution is 7.91. The highest BCUT2D eigenvalue weighted by atomic mass is 32.2. The first-order chi connectivity index (χ1) is 10.6. The maximum atomic E-state index is 12.6. The van der Waals surface area contributed by atoms with E-state index in [0.717, 1.165) is 25.7 Å². The van der Waals surface area contributed by atoms with Crippen LogP contribution in [0.5, 0.6) is 0 Å². The molecule has 0 aromatic rings. The van der Waals surface area contributed by atoms with E-state index in [9.17, 15) is 18.0 Å². The fourth-order valence-corrected chi connectivity index (χ4v) is 5.18. The number of amides is 2. The minimum atomic E-state index is -3.03. The Morgan fingerprint density at radius 1 is 1.30 bits per heavy atom. The van der Waals surface area contributed by atoms with Gasteiger partial charge in [0.15, 0.2) is 9.84 Å². The summed E-state index contributed by atoms with van der Waals surface area (Å²) in [6, 6.07) is -0.342. The van der Waals surface area contributed by atoms with Gasteiger partial charge in [-0.3, -0.25) is 9.59 Å². The molecule has 1 aliphatic heterocycles. The maximum absolute atomic E-state index is 12.6. The molecule has 8 heteroatoms. The Labute approximate surface area is 137 Å². The van der Waals surface area contributed by atoms with Gasteiger partial charge in [0.1, 0.15) is 0 Å². The summed E-state index contributed by atoms with van der Waals surface area (Å²) < 4.78 is 22.8. The summed E-state index contributed by atoms with van der Waals surface area (Å²) in [4.78, 5) is 26.0. The van der Waals surface area contributed by atoms with Crippen molar-refractivity contribution in [3.8, 4) is 0 Å². The SMILES string of the molecule is CN(CC(=O)NC1CCS(=O)(=O)C1)C(=O)C1CCCCC1(C)N. The summed E-state index contributed by atoms with van der Waals surface area (Å²) in [5.74, 6) is -0.595. The van der Waals surface area contributed by atoms with Gasteiger partial charge in [-0.1, -0.05) is 12.8 Å². The first-order valence-electron chi connectivity index (χ1n) is 8.14. The van der Waals surface area contributed by atoms with Crippen LogP contribution in [0.25, 0.3) is 0 Å². The standard InChI is InChI=1S/C15H27N3O4S/c1-15(16)7-4-3-5-12(15)14(20)18(2)9-13(19)17-11-6-8-23(21,22)10-11/h11-12H,3-10,16H2,1-2H3,(H,17,19). The lowest BCUT2D eigenvalue weighted by Crippen LogP contribution is -2.54. The highest BCUT2D eigenvalue weighted by Gasteiger charge is 2.39. The van der Waals surface area contributed by atoms with Crippen molar-refractivity contribution >= 4 is 21.7 Å². The molecule has 1 aliphatic carbocycles. The summed E-state index contributed by atoms with van der Waals surface area (Å²) in [6.45, 7) is 1.83. The molecule has 2 rings (SSSR count). The van der Waals surface area contributed by atoms with Gasteiger partial charge in [0, 0.05) is 18.6 Å². The Kier molecular flexibility index (Phi) is 5.35. The molecule has 132 valence electrons. The zero-order valence-electron chi connectivity index (χ0n) is 13.9. The van der Waals surface area contributed by atoms with Gasteiger partial charge in [0.25, 0.3) is 0 Å². The number of hydrogen-bond acceptors (Lipinski definition) is 5. The van der Waals surface area contributed by atoms with Crippen LogP contribution < -0.4 is 11.1 Å². The summed E-state index contributed by atoms with van der Waals surface area (Å²) in [5, 5.41) is 2.70. The van der Waals surface area contributed by atoms with Gasteiger partial charge in [0.05, 0.1) is 24.0 Å². The number of hydrogen-bond donors (Lipinski definition) is 2. The van der Waals surface area contributed by atoms with Crippen LogP contribution in [-0.4, -0.2) is 61.8 Å². The molecule has 1 saturated heterocycles. The molecule has 1 heterocycles. The van der Waals surface area contributed by atoms with Crippen LogP contribution >= 0.6 is 0 Å². The zero-order chi connectivity index (χ0) is 17.3. The molecule has 0 bridgehead atoms. The molecule has 2 amide bonds. The van der Waals surface area contributed by atoms with E-state index in [0.29, 0.717) is 6.42 Å². The van der Waals surface area contributed by atoms with E-state index in [4.69, 9.17) is 5.73 Å². The van der Waals surface area contributed by atoms with Gasteiger partial charge in [-0.15, -0.1) is 0 Å². The smallest absolute Gasteiger partial charge is 0.239 e. The first kappa shape index (κ1) is 18.2. The lowest BCUT2D eigenvalue weighted by atomic mass is 9.74. The van der Waals surface area contributed by atoms with E-state index in [1.807, 2.05) is 6.92 Å². The number of nitrogens with one attached hydrogen (secondary N) is 1. The van der Waals surface area contributed by atoms with Crippen molar-refractivity contribution in [1.82, 2.24) is 10.2 Å². The van der Waals surface area contributed by atoms with Crippen molar-refractivity contribution in [2.24, 2.45) is 11.7 Å². The summed E-state index contributed by atoms with van der Waals surface area (Å²) >= 11 is 0. The fourth-order valence-electron chi connectivity index (χ4n) is 3.51. The number of carbonyl (C=O) groups is 2. The average Bonchev–Trinajstić information content (AvgIpc) is 2.76. The molecule has 7 nitrogen and oxygen atoms in total. The normalized spacial score (nSPS) is 33.2. The minimum absolute atomic E-state index is 0.0140. The Morgan fingerprint density at radius 3 is 2.57 bits per heavy atom. The number of carbonyl (C=O) groups excluding carboxylic acids is 2. The predicted octanol–water partition coefficient (Wildman–Crippen LogP) is -0.344. The monoisotopic (exact) mass is 345 g/mol. The second-order valence-electron chi connectivity index (χ2n) is 7.17. The number of rotatable bonds is 4. The molecule has 3 unspecified atom stereocenters. The van der Waals surface area contributed by atoms with Crippen LogP contribution in [0.4, 0.5) is 0 Å². The second kappa shape index (κ2) is 6.76. The number of sulfone groups is 1. The Morgan fingerprint density at radius 2 is 2.00 bits per heavy atom. The molecule has 1 saturated carbocycles. The largest absolute Gasteiger partial charge is 0.351 e. The molecule has 0 radical (unpaired) electrons. The van der Waals surface area contributed by atoms with Crippen molar-refractivity contribution in [2.45, 2.75) is 50.6 Å². The van der Waals surface area contributed by atoms with Crippen LogP contribution in [0, 0.1) is 5.92 Å². The molecule has 3 N–H and O–H groups in total. The van der Waals surface area contributed by atoms with Gasteiger partial charge in [-0.25, -0.2) is 8.42 Å². The molecule has 0 aromatic carbocycles. The lowest BCUT2D eigenvalue weighted by molar-refractivity contribution is -0.141. The van der Waals surface area contributed by atoms with Crippen molar-refractivity contribution in [2.75, 3.05) is 25.1 Å². The van der Waals surface area contributed by atoms with E-state index in [2.05, 4.69) is 5.32 Å². The number of nitrogens with zero attached hydrogens (tertiary/aromatic N) is 1.